The summed E-state index contributed by atoms with van der Waals surface area (Å²) in [6.07, 6.45) is 8.89. The molecule has 2 aliphatic carbocycles. The quantitative estimate of drug-likeness (QED) is 0.167. The first kappa shape index (κ1) is 26.3. The van der Waals surface area contributed by atoms with E-state index in [0.29, 0.717) is 49.1 Å². The van der Waals surface area contributed by atoms with Crippen LogP contribution in [-0.4, -0.2) is 6.61 Å². The van der Waals surface area contributed by atoms with Crippen LogP contribution in [0.3, 0.4) is 0 Å². The zero-order valence-electron chi connectivity index (χ0n) is 20.9. The molecule has 0 bridgehead atoms. The molecule has 2 aromatic rings. The first-order chi connectivity index (χ1) is 17.4. The van der Waals surface area contributed by atoms with Crippen molar-refractivity contribution in [2.45, 2.75) is 76.5 Å². The minimum atomic E-state index is -1.04. The van der Waals surface area contributed by atoms with Crippen molar-refractivity contribution in [2.24, 2.45) is 11.8 Å². The SMILES string of the molecule is C=CCCOc1ccc(C#CC2CCC(c3ccc(C4CCC(C)CC4)c(F)c3F)CC2)c(F)c1F. The van der Waals surface area contributed by atoms with Gasteiger partial charge in [-0.1, -0.05) is 49.8 Å². The van der Waals surface area contributed by atoms with E-state index in [1.807, 2.05) is 0 Å². The van der Waals surface area contributed by atoms with Crippen molar-refractivity contribution in [2.75, 3.05) is 6.61 Å². The van der Waals surface area contributed by atoms with Crippen LogP contribution in [0.25, 0.3) is 0 Å². The Morgan fingerprint density at radius 2 is 1.39 bits per heavy atom. The molecule has 0 aromatic heterocycles. The predicted molar refractivity (Wildman–Crippen MR) is 135 cm³/mol. The summed E-state index contributed by atoms with van der Waals surface area (Å²) >= 11 is 0. The van der Waals surface area contributed by atoms with Crippen molar-refractivity contribution in [3.63, 3.8) is 0 Å². The molecule has 5 heteroatoms. The molecule has 2 fully saturated rings. The van der Waals surface area contributed by atoms with Crippen LogP contribution in [-0.2, 0) is 0 Å². The number of rotatable bonds is 6. The fourth-order valence-corrected chi connectivity index (χ4v) is 5.50. The van der Waals surface area contributed by atoms with E-state index in [4.69, 9.17) is 4.74 Å². The highest BCUT2D eigenvalue weighted by molar-refractivity contribution is 5.41. The Morgan fingerprint density at radius 3 is 1.97 bits per heavy atom. The van der Waals surface area contributed by atoms with Crippen molar-refractivity contribution in [3.8, 4) is 17.6 Å². The van der Waals surface area contributed by atoms with Crippen molar-refractivity contribution in [1.82, 2.24) is 0 Å². The average Bonchev–Trinajstić information content (AvgIpc) is 2.89. The highest BCUT2D eigenvalue weighted by atomic mass is 19.2. The van der Waals surface area contributed by atoms with Crippen LogP contribution in [0.5, 0.6) is 5.75 Å². The van der Waals surface area contributed by atoms with E-state index in [2.05, 4.69) is 25.3 Å². The Labute approximate surface area is 211 Å². The smallest absolute Gasteiger partial charge is 0.201 e. The van der Waals surface area contributed by atoms with Crippen LogP contribution >= 0.6 is 0 Å². The minimum Gasteiger partial charge on any atom is -0.490 e. The Kier molecular flexibility index (Phi) is 8.77. The lowest BCUT2D eigenvalue weighted by Crippen LogP contribution is -2.16. The van der Waals surface area contributed by atoms with Gasteiger partial charge in [0.15, 0.2) is 23.2 Å². The standard InChI is InChI=1S/C31H34F4O/c1-3-4-19-36-27-18-15-24(28(32)31(27)35)14-9-21-7-12-23(13-8-21)26-17-16-25(29(33)30(26)34)22-10-5-20(2)6-11-22/h3,15-18,20-23H,1,4-8,10-13,19H2,2H3. The Morgan fingerprint density at radius 1 is 0.806 bits per heavy atom. The van der Waals surface area contributed by atoms with Gasteiger partial charge in [0.1, 0.15) is 0 Å². The van der Waals surface area contributed by atoms with Gasteiger partial charge in [-0.25, -0.2) is 13.2 Å². The van der Waals surface area contributed by atoms with E-state index >= 15 is 4.39 Å². The molecule has 0 unspecified atom stereocenters. The molecule has 0 atom stereocenters. The molecule has 0 heterocycles. The molecule has 0 N–H and O–H groups in total. The molecule has 0 spiro atoms. The minimum absolute atomic E-state index is 0.00337. The molecular weight excluding hydrogens is 464 g/mol. The van der Waals surface area contributed by atoms with Gasteiger partial charge in [0.2, 0.25) is 5.82 Å². The predicted octanol–water partition coefficient (Wildman–Crippen LogP) is 8.82. The number of benzene rings is 2. The first-order valence-corrected chi connectivity index (χ1v) is 13.1. The summed E-state index contributed by atoms with van der Waals surface area (Å²) in [7, 11) is 0. The zero-order valence-corrected chi connectivity index (χ0v) is 20.9. The lowest BCUT2D eigenvalue weighted by Gasteiger charge is -2.29. The van der Waals surface area contributed by atoms with Gasteiger partial charge in [0.05, 0.1) is 12.2 Å². The molecule has 2 aliphatic rings. The zero-order chi connectivity index (χ0) is 25.7. The van der Waals surface area contributed by atoms with Crippen molar-refractivity contribution >= 4 is 0 Å². The summed E-state index contributed by atoms with van der Waals surface area (Å²) in [5, 5.41) is 0. The van der Waals surface area contributed by atoms with Gasteiger partial charge in [-0.3, -0.25) is 0 Å². The van der Waals surface area contributed by atoms with Crippen LogP contribution in [0, 0.1) is 46.9 Å². The highest BCUT2D eigenvalue weighted by Gasteiger charge is 2.28. The lowest BCUT2D eigenvalue weighted by atomic mass is 9.76. The van der Waals surface area contributed by atoms with E-state index in [1.165, 1.54) is 12.1 Å². The lowest BCUT2D eigenvalue weighted by molar-refractivity contribution is 0.301. The highest BCUT2D eigenvalue weighted by Crippen LogP contribution is 2.41. The normalized spacial score (nSPS) is 24.0. The van der Waals surface area contributed by atoms with Crippen LogP contribution < -0.4 is 4.74 Å². The van der Waals surface area contributed by atoms with Crippen LogP contribution in [0.15, 0.2) is 36.9 Å². The van der Waals surface area contributed by atoms with Gasteiger partial charge in [0.25, 0.3) is 0 Å². The van der Waals surface area contributed by atoms with Gasteiger partial charge in [0, 0.05) is 5.92 Å². The Balaban J connectivity index is 1.38. The maximum atomic E-state index is 15.1. The van der Waals surface area contributed by atoms with E-state index in [0.717, 1.165) is 25.7 Å². The van der Waals surface area contributed by atoms with Crippen LogP contribution in [0.2, 0.25) is 0 Å². The molecule has 36 heavy (non-hydrogen) atoms. The number of hydrogen-bond acceptors (Lipinski definition) is 1. The topological polar surface area (TPSA) is 9.23 Å². The Bertz CT molecular complexity index is 1130. The number of hydrogen-bond donors (Lipinski definition) is 0. The largest absolute Gasteiger partial charge is 0.490 e. The molecule has 4 rings (SSSR count). The third-order valence-corrected chi connectivity index (χ3v) is 7.80. The molecule has 0 radical (unpaired) electrons. The van der Waals surface area contributed by atoms with Crippen molar-refractivity contribution < 1.29 is 22.3 Å². The van der Waals surface area contributed by atoms with E-state index in [1.54, 1.807) is 18.2 Å². The van der Waals surface area contributed by atoms with Crippen LogP contribution in [0.4, 0.5) is 17.6 Å². The average molecular weight is 499 g/mol. The summed E-state index contributed by atoms with van der Waals surface area (Å²) in [6, 6.07) is 6.38. The van der Waals surface area contributed by atoms with Gasteiger partial charge >= 0.3 is 0 Å². The van der Waals surface area contributed by atoms with Gasteiger partial charge < -0.3 is 4.74 Å². The van der Waals surface area contributed by atoms with E-state index in [9.17, 15) is 13.2 Å². The number of ether oxygens (including phenoxy) is 1. The maximum absolute atomic E-state index is 15.1. The fourth-order valence-electron chi connectivity index (χ4n) is 5.50. The number of halogens is 4. The van der Waals surface area contributed by atoms with Crippen molar-refractivity contribution in [3.05, 3.63) is 76.9 Å². The van der Waals surface area contributed by atoms with Gasteiger partial charge in [-0.05, 0) is 86.0 Å². The first-order valence-electron chi connectivity index (χ1n) is 13.1. The third-order valence-electron chi connectivity index (χ3n) is 7.80. The summed E-state index contributed by atoms with van der Waals surface area (Å²) in [4.78, 5) is 0. The molecule has 0 aliphatic heterocycles. The monoisotopic (exact) mass is 498 g/mol. The second-order valence-electron chi connectivity index (χ2n) is 10.3. The summed E-state index contributed by atoms with van der Waals surface area (Å²) < 4.78 is 64.0. The van der Waals surface area contributed by atoms with Crippen molar-refractivity contribution in [1.29, 1.82) is 0 Å². The second kappa shape index (κ2) is 12.0. The molecule has 0 saturated heterocycles. The second-order valence-corrected chi connectivity index (χ2v) is 10.3. The molecule has 0 amide bonds. The molecule has 2 saturated carbocycles. The summed E-state index contributed by atoms with van der Waals surface area (Å²) in [6.45, 7) is 6.00. The van der Waals surface area contributed by atoms with Gasteiger partial charge in [-0.2, -0.15) is 4.39 Å². The molecule has 1 nitrogen and oxygen atoms in total. The molecule has 192 valence electrons. The summed E-state index contributed by atoms with van der Waals surface area (Å²) in [5.41, 5.74) is 0.965. The van der Waals surface area contributed by atoms with Crippen LogP contribution in [0.1, 0.15) is 93.2 Å². The van der Waals surface area contributed by atoms with E-state index < -0.39 is 23.3 Å². The van der Waals surface area contributed by atoms with E-state index in [-0.39, 0.29) is 35.7 Å². The third kappa shape index (κ3) is 5.97. The maximum Gasteiger partial charge on any atom is 0.201 e. The van der Waals surface area contributed by atoms with Gasteiger partial charge in [-0.15, -0.1) is 6.58 Å². The fraction of sp³-hybridized carbons (Fsp3) is 0.484. The Hall–Kier alpha value is -2.74. The molecule has 2 aromatic carbocycles. The molecular formula is C31H34F4O. The summed E-state index contributed by atoms with van der Waals surface area (Å²) in [5.74, 6) is 2.95.